The zero-order chi connectivity index (χ0) is 27.5. The van der Waals surface area contributed by atoms with E-state index in [9.17, 15) is 26.0 Å². The number of halogens is 2. The van der Waals surface area contributed by atoms with Crippen LogP contribution < -0.4 is 10.1 Å². The lowest BCUT2D eigenvalue weighted by Crippen LogP contribution is -2.42. The number of rotatable bonds is 8. The average Bonchev–Trinajstić information content (AvgIpc) is 2.91. The van der Waals surface area contributed by atoms with E-state index >= 15 is 0 Å². The van der Waals surface area contributed by atoms with Crippen molar-refractivity contribution in [2.24, 2.45) is 5.92 Å². The van der Waals surface area contributed by atoms with Crippen LogP contribution in [0.4, 0.5) is 10.1 Å². The van der Waals surface area contributed by atoms with E-state index in [2.05, 4.69) is 5.32 Å². The topological polar surface area (TPSA) is 122 Å². The van der Waals surface area contributed by atoms with Gasteiger partial charge in [0.1, 0.15) is 16.5 Å². The van der Waals surface area contributed by atoms with Crippen molar-refractivity contribution in [1.29, 1.82) is 0 Å². The average molecular weight is 590 g/mol. The standard InChI is InChI=1S/C24H29ClFN3O7S2/c1-35-22-6-5-18(15-23(22)38(33,34)29-11-13-36-14-12-29)27-24(30)17-7-9-28(10-8-17)37(31,32)16-19-20(25)3-2-4-21(19)26/h2-6,15,17H,7-14,16H2,1H3,(H,27,30). The van der Waals surface area contributed by atoms with E-state index in [4.69, 9.17) is 21.1 Å². The molecule has 38 heavy (non-hydrogen) atoms. The monoisotopic (exact) mass is 589 g/mol. The number of carbonyl (C=O) groups excluding carboxylic acids is 1. The van der Waals surface area contributed by atoms with Crippen LogP contribution in [-0.2, 0) is 35.3 Å². The first kappa shape index (κ1) is 28.7. The number of nitrogens with zero attached hydrogens (tertiary/aromatic N) is 2. The number of nitrogens with one attached hydrogen (secondary N) is 1. The Hall–Kier alpha value is -2.29. The molecule has 208 valence electrons. The van der Waals surface area contributed by atoms with Gasteiger partial charge >= 0.3 is 0 Å². The van der Waals surface area contributed by atoms with Gasteiger partial charge in [0.25, 0.3) is 0 Å². The third-order valence-corrected chi connectivity index (χ3v) is 10.7. The predicted molar refractivity (Wildman–Crippen MR) is 140 cm³/mol. The second-order valence-electron chi connectivity index (χ2n) is 9.00. The molecule has 2 aromatic rings. The molecule has 0 aromatic heterocycles. The molecular weight excluding hydrogens is 561 g/mol. The summed E-state index contributed by atoms with van der Waals surface area (Å²) >= 11 is 5.99. The summed E-state index contributed by atoms with van der Waals surface area (Å²) in [7, 11) is -6.35. The fraction of sp³-hybridized carbons (Fsp3) is 0.458. The minimum atomic E-state index is -3.88. The molecule has 0 aliphatic carbocycles. The first-order chi connectivity index (χ1) is 18.0. The summed E-state index contributed by atoms with van der Waals surface area (Å²) in [6.07, 6.45) is 0.510. The Morgan fingerprint density at radius 2 is 1.76 bits per heavy atom. The predicted octanol–water partition coefficient (Wildman–Crippen LogP) is 2.69. The van der Waals surface area contributed by atoms with E-state index in [0.717, 1.165) is 6.07 Å². The Balaban J connectivity index is 1.41. The van der Waals surface area contributed by atoms with E-state index in [-0.39, 0.29) is 71.8 Å². The fourth-order valence-electron chi connectivity index (χ4n) is 4.47. The molecular formula is C24H29ClFN3O7S2. The van der Waals surface area contributed by atoms with E-state index in [1.54, 1.807) is 6.07 Å². The minimum Gasteiger partial charge on any atom is -0.495 e. The van der Waals surface area contributed by atoms with Gasteiger partial charge in [-0.2, -0.15) is 4.31 Å². The van der Waals surface area contributed by atoms with Crippen molar-refractivity contribution in [3.8, 4) is 5.75 Å². The van der Waals surface area contributed by atoms with E-state index in [0.29, 0.717) is 13.2 Å². The maximum absolute atomic E-state index is 14.1. The number of amides is 1. The van der Waals surface area contributed by atoms with E-state index in [1.807, 2.05) is 0 Å². The van der Waals surface area contributed by atoms with Crippen molar-refractivity contribution in [2.75, 3.05) is 51.8 Å². The van der Waals surface area contributed by atoms with Gasteiger partial charge in [-0.3, -0.25) is 4.79 Å². The van der Waals surface area contributed by atoms with Crippen LogP contribution >= 0.6 is 11.6 Å². The van der Waals surface area contributed by atoms with Crippen molar-refractivity contribution in [3.63, 3.8) is 0 Å². The van der Waals surface area contributed by atoms with Crippen LogP contribution in [0.15, 0.2) is 41.3 Å². The Morgan fingerprint density at radius 3 is 2.39 bits per heavy atom. The summed E-state index contributed by atoms with van der Waals surface area (Å²) in [6.45, 7) is 1.19. The molecule has 2 aliphatic heterocycles. The maximum atomic E-state index is 14.1. The van der Waals surface area contributed by atoms with Gasteiger partial charge < -0.3 is 14.8 Å². The highest BCUT2D eigenvalue weighted by atomic mass is 35.5. The molecule has 14 heteroatoms. The Morgan fingerprint density at radius 1 is 1.08 bits per heavy atom. The van der Waals surface area contributed by atoms with Crippen LogP contribution in [-0.4, -0.2) is 77.9 Å². The molecule has 2 heterocycles. The second kappa shape index (κ2) is 11.8. The summed E-state index contributed by atoms with van der Waals surface area (Å²) < 4.78 is 79.3. The number of methoxy groups -OCH3 is 1. The molecule has 10 nitrogen and oxygen atoms in total. The molecule has 4 rings (SSSR count). The van der Waals surface area contributed by atoms with Gasteiger partial charge in [-0.25, -0.2) is 25.5 Å². The van der Waals surface area contributed by atoms with E-state index < -0.39 is 37.5 Å². The quantitative estimate of drug-likeness (QED) is 0.502. The molecule has 1 amide bonds. The number of anilines is 1. The van der Waals surface area contributed by atoms with Crippen molar-refractivity contribution in [1.82, 2.24) is 8.61 Å². The molecule has 0 bridgehead atoms. The number of carbonyl (C=O) groups is 1. The molecule has 0 spiro atoms. The zero-order valence-electron chi connectivity index (χ0n) is 20.7. The van der Waals surface area contributed by atoms with Crippen molar-refractivity contribution in [3.05, 3.63) is 52.8 Å². The highest BCUT2D eigenvalue weighted by Crippen LogP contribution is 2.31. The third-order valence-electron chi connectivity index (χ3n) is 6.63. The lowest BCUT2D eigenvalue weighted by molar-refractivity contribution is -0.120. The van der Waals surface area contributed by atoms with Crippen molar-refractivity contribution >= 4 is 43.2 Å². The van der Waals surface area contributed by atoms with Gasteiger partial charge in [0.05, 0.1) is 26.1 Å². The lowest BCUT2D eigenvalue weighted by atomic mass is 9.97. The van der Waals surface area contributed by atoms with Gasteiger partial charge in [-0.1, -0.05) is 17.7 Å². The number of hydrogen-bond acceptors (Lipinski definition) is 7. The van der Waals surface area contributed by atoms with Gasteiger partial charge in [0.2, 0.25) is 26.0 Å². The van der Waals surface area contributed by atoms with Gasteiger partial charge in [-0.05, 0) is 43.2 Å². The summed E-state index contributed by atoms with van der Waals surface area (Å²) in [6, 6.07) is 8.38. The fourth-order valence-corrected chi connectivity index (χ4v) is 7.97. The normalized spacial score (nSPS) is 18.3. The molecule has 2 aliphatic rings. The molecule has 0 saturated carbocycles. The van der Waals surface area contributed by atoms with Gasteiger partial charge in [0, 0.05) is 48.4 Å². The first-order valence-corrected chi connectivity index (χ1v) is 15.4. The summed E-state index contributed by atoms with van der Waals surface area (Å²) in [5.41, 5.74) is 0.197. The third kappa shape index (κ3) is 6.29. The largest absolute Gasteiger partial charge is 0.495 e. The number of sulfonamides is 2. The Kier molecular flexibility index (Phi) is 8.95. The van der Waals surface area contributed by atoms with Gasteiger partial charge in [-0.15, -0.1) is 0 Å². The SMILES string of the molecule is COc1ccc(NC(=O)C2CCN(S(=O)(=O)Cc3c(F)cccc3Cl)CC2)cc1S(=O)(=O)N1CCOCC1. The summed E-state index contributed by atoms with van der Waals surface area (Å²) in [5.74, 6) is -1.94. The Labute approximate surface area is 226 Å². The molecule has 1 N–H and O–H groups in total. The first-order valence-electron chi connectivity index (χ1n) is 12.0. The van der Waals surface area contributed by atoms with Crippen LogP contribution in [0.2, 0.25) is 5.02 Å². The van der Waals surface area contributed by atoms with Crippen LogP contribution in [0, 0.1) is 11.7 Å². The summed E-state index contributed by atoms with van der Waals surface area (Å²) in [5, 5.41) is 2.79. The van der Waals surface area contributed by atoms with Crippen molar-refractivity contribution < 1.29 is 35.5 Å². The van der Waals surface area contributed by atoms with E-state index in [1.165, 1.54) is 40.0 Å². The number of hydrogen-bond donors (Lipinski definition) is 1. The number of morpholine rings is 1. The maximum Gasteiger partial charge on any atom is 0.246 e. The Bertz CT molecular complexity index is 1370. The highest BCUT2D eigenvalue weighted by molar-refractivity contribution is 7.89. The van der Waals surface area contributed by atoms with Crippen LogP contribution in [0.5, 0.6) is 5.75 Å². The molecule has 0 radical (unpaired) electrons. The smallest absolute Gasteiger partial charge is 0.246 e. The van der Waals surface area contributed by atoms with Crippen LogP contribution in [0.25, 0.3) is 0 Å². The van der Waals surface area contributed by atoms with Gasteiger partial charge in [0.15, 0.2) is 0 Å². The molecule has 2 saturated heterocycles. The number of ether oxygens (including phenoxy) is 2. The molecule has 0 atom stereocenters. The number of benzene rings is 2. The molecule has 2 fully saturated rings. The number of piperidine rings is 1. The van der Waals surface area contributed by atoms with Crippen LogP contribution in [0.1, 0.15) is 18.4 Å². The van der Waals surface area contributed by atoms with Crippen LogP contribution in [0.3, 0.4) is 0 Å². The summed E-state index contributed by atoms with van der Waals surface area (Å²) in [4.78, 5) is 12.9. The van der Waals surface area contributed by atoms with Crippen molar-refractivity contribution in [2.45, 2.75) is 23.5 Å². The minimum absolute atomic E-state index is 0.0392. The highest BCUT2D eigenvalue weighted by Gasteiger charge is 2.33. The second-order valence-corrected chi connectivity index (χ2v) is 13.3. The molecule has 0 unspecified atom stereocenters. The molecule has 2 aromatic carbocycles. The zero-order valence-corrected chi connectivity index (χ0v) is 23.1. The lowest BCUT2D eigenvalue weighted by Gasteiger charge is -2.30.